The van der Waals surface area contributed by atoms with Crippen LogP contribution in [0.2, 0.25) is 5.02 Å². The molecule has 0 heterocycles. The smallest absolute Gasteiger partial charge is 0.198 e. The predicted octanol–water partition coefficient (Wildman–Crippen LogP) is 3.65. The van der Waals surface area contributed by atoms with Crippen LogP contribution >= 0.6 is 23.4 Å². The van der Waals surface area contributed by atoms with E-state index in [4.69, 9.17) is 11.6 Å². The van der Waals surface area contributed by atoms with Crippen LogP contribution < -0.4 is 0 Å². The number of hydrogen-bond acceptors (Lipinski definition) is 1. The maximum absolute atomic E-state index is 11.8. The fraction of sp³-hybridized carbons (Fsp3) is 0.143. The van der Waals surface area contributed by atoms with Crippen molar-refractivity contribution in [2.24, 2.45) is 0 Å². The SMILES string of the molecule is FC(F)Sc1cccc(Cl)c1. The molecule has 1 aromatic carbocycles. The molecule has 4 heteroatoms. The summed E-state index contributed by atoms with van der Waals surface area (Å²) in [5.41, 5.74) is 0. The van der Waals surface area contributed by atoms with Gasteiger partial charge in [0.05, 0.1) is 0 Å². The van der Waals surface area contributed by atoms with E-state index >= 15 is 0 Å². The molecule has 1 rings (SSSR count). The second-order valence-corrected chi connectivity index (χ2v) is 3.34. The van der Waals surface area contributed by atoms with E-state index in [1.807, 2.05) is 0 Å². The van der Waals surface area contributed by atoms with Crippen LogP contribution in [-0.4, -0.2) is 5.76 Å². The van der Waals surface area contributed by atoms with E-state index < -0.39 is 5.76 Å². The van der Waals surface area contributed by atoms with E-state index in [2.05, 4.69) is 0 Å². The standard InChI is InChI=1S/C7H5ClF2S/c8-5-2-1-3-6(4-5)11-7(9)10/h1-4,7H. The monoisotopic (exact) mass is 194 g/mol. The van der Waals surface area contributed by atoms with Gasteiger partial charge in [0.25, 0.3) is 5.76 Å². The third-order valence-electron chi connectivity index (χ3n) is 1.02. The zero-order valence-electron chi connectivity index (χ0n) is 5.43. The van der Waals surface area contributed by atoms with Crippen molar-refractivity contribution < 1.29 is 8.78 Å². The summed E-state index contributed by atoms with van der Waals surface area (Å²) in [7, 11) is 0. The molecule has 0 aliphatic rings. The number of benzene rings is 1. The van der Waals surface area contributed by atoms with Gasteiger partial charge in [0, 0.05) is 9.92 Å². The first-order valence-corrected chi connectivity index (χ1v) is 4.14. The van der Waals surface area contributed by atoms with Gasteiger partial charge in [-0.2, -0.15) is 8.78 Å². The third-order valence-corrected chi connectivity index (χ3v) is 1.96. The van der Waals surface area contributed by atoms with Crippen LogP contribution in [0.1, 0.15) is 0 Å². The molecule has 0 saturated heterocycles. The Morgan fingerprint density at radius 3 is 2.64 bits per heavy atom. The van der Waals surface area contributed by atoms with Gasteiger partial charge in [-0.1, -0.05) is 29.4 Å². The number of hydrogen-bond donors (Lipinski definition) is 0. The lowest BCUT2D eigenvalue weighted by molar-refractivity contribution is 0.252. The fourth-order valence-electron chi connectivity index (χ4n) is 0.643. The molecular weight excluding hydrogens is 190 g/mol. The minimum atomic E-state index is -2.38. The maximum atomic E-state index is 11.8. The lowest BCUT2D eigenvalue weighted by Gasteiger charge is -1.98. The molecule has 11 heavy (non-hydrogen) atoms. The van der Waals surface area contributed by atoms with Crippen molar-refractivity contribution >= 4 is 23.4 Å². The lowest BCUT2D eigenvalue weighted by Crippen LogP contribution is -1.80. The van der Waals surface area contributed by atoms with Gasteiger partial charge < -0.3 is 0 Å². The van der Waals surface area contributed by atoms with Crippen molar-refractivity contribution in [3.05, 3.63) is 29.3 Å². The molecule has 0 amide bonds. The Morgan fingerprint density at radius 2 is 2.09 bits per heavy atom. The Hall–Kier alpha value is -0.280. The molecule has 0 radical (unpaired) electrons. The van der Waals surface area contributed by atoms with E-state index in [1.54, 1.807) is 18.2 Å². The van der Waals surface area contributed by atoms with E-state index in [1.165, 1.54) is 6.07 Å². The van der Waals surface area contributed by atoms with Crippen molar-refractivity contribution in [1.29, 1.82) is 0 Å². The van der Waals surface area contributed by atoms with Crippen LogP contribution in [0.3, 0.4) is 0 Å². The van der Waals surface area contributed by atoms with Gasteiger partial charge in [-0.15, -0.1) is 0 Å². The van der Waals surface area contributed by atoms with Crippen LogP contribution in [0, 0.1) is 0 Å². The first kappa shape index (κ1) is 8.81. The zero-order chi connectivity index (χ0) is 8.27. The molecule has 0 aromatic heterocycles. The Kier molecular flexibility index (Phi) is 3.15. The zero-order valence-corrected chi connectivity index (χ0v) is 7.00. The van der Waals surface area contributed by atoms with Gasteiger partial charge in [0.2, 0.25) is 0 Å². The highest BCUT2D eigenvalue weighted by atomic mass is 35.5. The van der Waals surface area contributed by atoms with E-state index in [0.717, 1.165) is 0 Å². The summed E-state index contributed by atoms with van der Waals surface area (Å²) in [6.07, 6.45) is 0. The quantitative estimate of drug-likeness (QED) is 0.648. The maximum Gasteiger partial charge on any atom is 0.288 e. The van der Waals surface area contributed by atoms with Crippen molar-refractivity contribution in [1.82, 2.24) is 0 Å². The topological polar surface area (TPSA) is 0 Å². The molecule has 0 fully saturated rings. The lowest BCUT2D eigenvalue weighted by atomic mass is 10.4. The molecule has 0 unspecified atom stereocenters. The summed E-state index contributed by atoms with van der Waals surface area (Å²) in [4.78, 5) is 0.493. The molecular formula is C7H5ClF2S. The van der Waals surface area contributed by atoms with Crippen LogP contribution in [0.4, 0.5) is 8.78 Å². The summed E-state index contributed by atoms with van der Waals surface area (Å²) in [6, 6.07) is 6.41. The van der Waals surface area contributed by atoms with Crippen molar-refractivity contribution in [3.63, 3.8) is 0 Å². The molecule has 0 atom stereocenters. The summed E-state index contributed by atoms with van der Waals surface area (Å²) < 4.78 is 23.5. The predicted molar refractivity (Wildman–Crippen MR) is 43.3 cm³/mol. The largest absolute Gasteiger partial charge is 0.288 e. The Balaban J connectivity index is 2.71. The second-order valence-electron chi connectivity index (χ2n) is 1.84. The van der Waals surface area contributed by atoms with Gasteiger partial charge in [-0.3, -0.25) is 0 Å². The fourth-order valence-corrected chi connectivity index (χ4v) is 1.46. The summed E-state index contributed by atoms with van der Waals surface area (Å²) in [5.74, 6) is -2.38. The van der Waals surface area contributed by atoms with Crippen LogP contribution in [0.15, 0.2) is 29.2 Å². The van der Waals surface area contributed by atoms with Gasteiger partial charge in [-0.05, 0) is 18.2 Å². The first-order valence-electron chi connectivity index (χ1n) is 2.89. The van der Waals surface area contributed by atoms with Gasteiger partial charge in [0.15, 0.2) is 0 Å². The number of rotatable bonds is 2. The summed E-state index contributed by atoms with van der Waals surface area (Å²) >= 11 is 6.06. The summed E-state index contributed by atoms with van der Waals surface area (Å²) in [5, 5.41) is 0.482. The molecule has 0 bridgehead atoms. The van der Waals surface area contributed by atoms with Crippen LogP contribution in [-0.2, 0) is 0 Å². The molecule has 0 spiro atoms. The average molecular weight is 195 g/mol. The van der Waals surface area contributed by atoms with E-state index in [9.17, 15) is 8.78 Å². The molecule has 0 aliphatic heterocycles. The Labute approximate surface area is 72.6 Å². The van der Waals surface area contributed by atoms with Crippen LogP contribution in [0.25, 0.3) is 0 Å². The van der Waals surface area contributed by atoms with Crippen molar-refractivity contribution in [2.75, 3.05) is 0 Å². The number of alkyl halides is 2. The van der Waals surface area contributed by atoms with E-state index in [-0.39, 0.29) is 0 Å². The normalized spacial score (nSPS) is 10.5. The molecule has 0 aliphatic carbocycles. The number of halogens is 3. The third kappa shape index (κ3) is 3.08. The van der Waals surface area contributed by atoms with E-state index in [0.29, 0.717) is 21.7 Å². The highest BCUT2D eigenvalue weighted by Gasteiger charge is 2.04. The highest BCUT2D eigenvalue weighted by Crippen LogP contribution is 2.26. The Morgan fingerprint density at radius 1 is 1.36 bits per heavy atom. The van der Waals surface area contributed by atoms with Crippen LogP contribution in [0.5, 0.6) is 0 Å². The van der Waals surface area contributed by atoms with Gasteiger partial charge in [-0.25, -0.2) is 0 Å². The summed E-state index contributed by atoms with van der Waals surface area (Å²) in [6.45, 7) is 0. The highest BCUT2D eigenvalue weighted by molar-refractivity contribution is 7.99. The average Bonchev–Trinajstić information content (AvgIpc) is 1.85. The Bertz CT molecular complexity index is 240. The molecule has 60 valence electrons. The minimum absolute atomic E-state index is 0.482. The van der Waals surface area contributed by atoms with Gasteiger partial charge in [0.1, 0.15) is 0 Å². The molecule has 0 nitrogen and oxygen atoms in total. The van der Waals surface area contributed by atoms with Crippen molar-refractivity contribution in [2.45, 2.75) is 10.7 Å². The minimum Gasteiger partial charge on any atom is -0.198 e. The first-order chi connectivity index (χ1) is 5.18. The van der Waals surface area contributed by atoms with Gasteiger partial charge >= 0.3 is 0 Å². The van der Waals surface area contributed by atoms with Crippen molar-refractivity contribution in [3.8, 4) is 0 Å². The molecule has 0 saturated carbocycles. The molecule has 1 aromatic rings. The molecule has 0 N–H and O–H groups in total. The number of thioether (sulfide) groups is 1. The second kappa shape index (κ2) is 3.93.